The molecule has 0 aromatic rings. The summed E-state index contributed by atoms with van der Waals surface area (Å²) in [6.07, 6.45) is 5.88. The van der Waals surface area contributed by atoms with Gasteiger partial charge in [0.2, 0.25) is 0 Å². The summed E-state index contributed by atoms with van der Waals surface area (Å²) in [6, 6.07) is 0. The zero-order valence-electron chi connectivity index (χ0n) is 8.50. The van der Waals surface area contributed by atoms with Gasteiger partial charge in [0.05, 0.1) is 0 Å². The van der Waals surface area contributed by atoms with Gasteiger partial charge in [-0.05, 0) is 31.7 Å². The Balaban J connectivity index is 2.48. The Kier molecular flexibility index (Phi) is 4.96. The summed E-state index contributed by atoms with van der Waals surface area (Å²) >= 11 is 0. The highest BCUT2D eigenvalue weighted by Crippen LogP contribution is 2.27. The van der Waals surface area contributed by atoms with Crippen LogP contribution in [0, 0.1) is 5.92 Å². The average Bonchev–Trinajstić information content (AvgIpc) is 2.18. The molecule has 1 saturated carbocycles. The lowest BCUT2D eigenvalue weighted by Crippen LogP contribution is -2.35. The zero-order valence-corrected chi connectivity index (χ0v) is 9.31. The Hall–Kier alpha value is 0.110. The van der Waals surface area contributed by atoms with E-state index in [1.807, 2.05) is 0 Å². The van der Waals surface area contributed by atoms with Gasteiger partial charge in [-0.25, -0.2) is 0 Å². The molecule has 0 bridgehead atoms. The van der Waals surface area contributed by atoms with Crippen molar-refractivity contribution in [2.75, 3.05) is 12.3 Å². The van der Waals surface area contributed by atoms with Gasteiger partial charge in [-0.1, -0.05) is 19.8 Å². The maximum atomic E-state index is 11.8. The molecule has 13 heavy (non-hydrogen) atoms. The van der Waals surface area contributed by atoms with Crippen molar-refractivity contribution >= 4 is 10.8 Å². The van der Waals surface area contributed by atoms with Crippen LogP contribution in [0.4, 0.5) is 0 Å². The number of rotatable bonds is 4. The van der Waals surface area contributed by atoms with Gasteiger partial charge in [0.15, 0.2) is 0 Å². The monoisotopic (exact) mass is 203 g/mol. The smallest absolute Gasteiger partial charge is 0.0388 e. The van der Waals surface area contributed by atoms with Gasteiger partial charge >= 0.3 is 0 Å². The van der Waals surface area contributed by atoms with E-state index in [2.05, 4.69) is 6.92 Å². The van der Waals surface area contributed by atoms with E-state index < -0.39 is 10.8 Å². The van der Waals surface area contributed by atoms with Gasteiger partial charge in [-0.2, -0.15) is 0 Å². The van der Waals surface area contributed by atoms with Gasteiger partial charge in [-0.15, -0.1) is 0 Å². The van der Waals surface area contributed by atoms with E-state index in [0.717, 1.165) is 25.1 Å². The van der Waals surface area contributed by atoms with Crippen LogP contribution in [0.2, 0.25) is 0 Å². The number of hydrogen-bond donors (Lipinski definition) is 1. The SMILES string of the molecule is CCCS(=O)C1CCCCC1CN. The highest BCUT2D eigenvalue weighted by atomic mass is 32.2. The first-order valence-electron chi connectivity index (χ1n) is 5.36. The molecular formula is C10H21NOS. The fourth-order valence-electron chi connectivity index (χ4n) is 2.14. The Labute approximate surface area is 83.7 Å². The Morgan fingerprint density at radius 3 is 2.69 bits per heavy atom. The maximum Gasteiger partial charge on any atom is 0.0388 e. The molecule has 1 aliphatic rings. The summed E-state index contributed by atoms with van der Waals surface area (Å²) in [5.74, 6) is 1.39. The third kappa shape index (κ3) is 3.06. The van der Waals surface area contributed by atoms with E-state index in [4.69, 9.17) is 5.73 Å². The minimum absolute atomic E-state index is 0.402. The minimum atomic E-state index is -0.616. The van der Waals surface area contributed by atoms with E-state index in [1.54, 1.807) is 0 Å². The molecular weight excluding hydrogens is 182 g/mol. The van der Waals surface area contributed by atoms with Crippen LogP contribution < -0.4 is 5.73 Å². The fourth-order valence-corrected chi connectivity index (χ4v) is 3.95. The van der Waals surface area contributed by atoms with Crippen molar-refractivity contribution in [2.24, 2.45) is 11.7 Å². The highest BCUT2D eigenvalue weighted by Gasteiger charge is 2.27. The molecule has 2 nitrogen and oxygen atoms in total. The average molecular weight is 203 g/mol. The van der Waals surface area contributed by atoms with Crippen LogP contribution in [0.15, 0.2) is 0 Å². The van der Waals surface area contributed by atoms with Crippen LogP contribution in [-0.2, 0) is 10.8 Å². The molecule has 3 heteroatoms. The summed E-state index contributed by atoms with van der Waals surface area (Å²) in [5, 5.41) is 0.402. The lowest BCUT2D eigenvalue weighted by atomic mass is 9.89. The zero-order chi connectivity index (χ0) is 9.68. The Morgan fingerprint density at radius 1 is 1.38 bits per heavy atom. The van der Waals surface area contributed by atoms with E-state index >= 15 is 0 Å². The van der Waals surface area contributed by atoms with Gasteiger partial charge in [0.1, 0.15) is 0 Å². The first-order valence-corrected chi connectivity index (χ1v) is 6.75. The third-order valence-corrected chi connectivity index (χ3v) is 4.99. The molecule has 1 aliphatic carbocycles. The van der Waals surface area contributed by atoms with Crippen molar-refractivity contribution in [2.45, 2.75) is 44.3 Å². The molecule has 2 N–H and O–H groups in total. The van der Waals surface area contributed by atoms with Crippen LogP contribution in [0.25, 0.3) is 0 Å². The third-order valence-electron chi connectivity index (χ3n) is 2.89. The number of hydrogen-bond acceptors (Lipinski definition) is 2. The van der Waals surface area contributed by atoms with E-state index in [9.17, 15) is 4.21 Å². The van der Waals surface area contributed by atoms with Gasteiger partial charge in [-0.3, -0.25) is 4.21 Å². The van der Waals surface area contributed by atoms with E-state index in [-0.39, 0.29) is 0 Å². The van der Waals surface area contributed by atoms with Crippen LogP contribution in [0.1, 0.15) is 39.0 Å². The molecule has 0 amide bonds. The summed E-state index contributed by atoms with van der Waals surface area (Å²) in [6.45, 7) is 2.82. The predicted molar refractivity (Wildman–Crippen MR) is 58.1 cm³/mol. The van der Waals surface area contributed by atoms with E-state index in [1.165, 1.54) is 19.3 Å². The topological polar surface area (TPSA) is 43.1 Å². The standard InChI is InChI=1S/C10H21NOS/c1-2-7-13(12)10-6-4-3-5-9(10)8-11/h9-10H,2-8,11H2,1H3. The van der Waals surface area contributed by atoms with Crippen LogP contribution in [-0.4, -0.2) is 21.8 Å². The maximum absolute atomic E-state index is 11.8. The summed E-state index contributed by atoms with van der Waals surface area (Å²) < 4.78 is 11.8. The van der Waals surface area contributed by atoms with Crippen molar-refractivity contribution in [1.29, 1.82) is 0 Å². The number of nitrogens with two attached hydrogens (primary N) is 1. The normalized spacial score (nSPS) is 31.5. The second-order valence-electron chi connectivity index (χ2n) is 3.90. The molecule has 1 rings (SSSR count). The molecule has 78 valence electrons. The molecule has 0 heterocycles. The van der Waals surface area contributed by atoms with Gasteiger partial charge < -0.3 is 5.73 Å². The largest absolute Gasteiger partial charge is 0.330 e. The second kappa shape index (κ2) is 5.76. The quantitative estimate of drug-likeness (QED) is 0.755. The van der Waals surface area contributed by atoms with Crippen LogP contribution >= 0.6 is 0 Å². The molecule has 0 spiro atoms. The Bertz CT molecular complexity index is 172. The highest BCUT2D eigenvalue weighted by molar-refractivity contribution is 7.85. The fraction of sp³-hybridized carbons (Fsp3) is 1.00. The van der Waals surface area contributed by atoms with Crippen molar-refractivity contribution in [3.63, 3.8) is 0 Å². The lowest BCUT2D eigenvalue weighted by molar-refractivity contribution is 0.372. The Morgan fingerprint density at radius 2 is 2.08 bits per heavy atom. The molecule has 0 aromatic heterocycles. The molecule has 0 aromatic carbocycles. The second-order valence-corrected chi connectivity index (χ2v) is 5.68. The van der Waals surface area contributed by atoms with Crippen molar-refractivity contribution in [3.8, 4) is 0 Å². The molecule has 0 saturated heterocycles. The van der Waals surface area contributed by atoms with Gasteiger partial charge in [0.25, 0.3) is 0 Å². The first-order chi connectivity index (χ1) is 6.29. The summed E-state index contributed by atoms with van der Waals surface area (Å²) in [7, 11) is -0.616. The van der Waals surface area contributed by atoms with Gasteiger partial charge in [0, 0.05) is 21.8 Å². The molecule has 0 radical (unpaired) electrons. The first kappa shape index (κ1) is 11.2. The van der Waals surface area contributed by atoms with Crippen molar-refractivity contribution in [3.05, 3.63) is 0 Å². The molecule has 3 unspecified atom stereocenters. The van der Waals surface area contributed by atoms with Crippen molar-refractivity contribution < 1.29 is 4.21 Å². The molecule has 3 atom stereocenters. The summed E-state index contributed by atoms with van der Waals surface area (Å²) in [4.78, 5) is 0. The molecule has 0 aliphatic heterocycles. The predicted octanol–water partition coefficient (Wildman–Crippen LogP) is 1.66. The van der Waals surface area contributed by atoms with E-state index in [0.29, 0.717) is 11.2 Å². The molecule has 1 fully saturated rings. The minimum Gasteiger partial charge on any atom is -0.330 e. The lowest BCUT2D eigenvalue weighted by Gasteiger charge is -2.29. The van der Waals surface area contributed by atoms with Crippen LogP contribution in [0.3, 0.4) is 0 Å². The van der Waals surface area contributed by atoms with Crippen LogP contribution in [0.5, 0.6) is 0 Å². The summed E-state index contributed by atoms with van der Waals surface area (Å²) in [5.41, 5.74) is 5.69. The van der Waals surface area contributed by atoms with Crippen molar-refractivity contribution in [1.82, 2.24) is 0 Å².